The van der Waals surface area contributed by atoms with E-state index in [0.29, 0.717) is 10.8 Å². The quantitative estimate of drug-likeness (QED) is 0.0565. The van der Waals surface area contributed by atoms with Gasteiger partial charge in [0.2, 0.25) is 0 Å². The van der Waals surface area contributed by atoms with Crippen molar-refractivity contribution in [2.75, 3.05) is 43.4 Å². The van der Waals surface area contributed by atoms with Crippen molar-refractivity contribution in [3.63, 3.8) is 0 Å². The molecule has 10 nitrogen and oxygen atoms in total. The third-order valence-electron chi connectivity index (χ3n) is 8.45. The number of anilines is 1. The topological polar surface area (TPSA) is 122 Å². The highest BCUT2D eigenvalue weighted by molar-refractivity contribution is 7.99. The van der Waals surface area contributed by atoms with E-state index >= 15 is 0 Å². The Hall–Kier alpha value is -4.88. The number of nitro groups is 1. The lowest BCUT2D eigenvalue weighted by Gasteiger charge is -2.36. The van der Waals surface area contributed by atoms with Crippen LogP contribution in [-0.2, 0) is 16.6 Å². The lowest BCUT2D eigenvalue weighted by Crippen LogP contribution is -2.46. The van der Waals surface area contributed by atoms with Crippen molar-refractivity contribution < 1.29 is 22.9 Å². The summed E-state index contributed by atoms with van der Waals surface area (Å²) in [7, 11) is -4.41. The van der Waals surface area contributed by atoms with Gasteiger partial charge in [-0.15, -0.1) is 11.8 Å². The van der Waals surface area contributed by atoms with Gasteiger partial charge in [-0.2, -0.15) is 0 Å². The van der Waals surface area contributed by atoms with Gasteiger partial charge in [0, 0.05) is 65.7 Å². The van der Waals surface area contributed by atoms with Crippen molar-refractivity contribution in [2.24, 2.45) is 0 Å². The van der Waals surface area contributed by atoms with Crippen LogP contribution in [-0.4, -0.2) is 62.7 Å². The molecule has 0 spiro atoms. The van der Waals surface area contributed by atoms with Crippen molar-refractivity contribution in [1.29, 1.82) is 0 Å². The van der Waals surface area contributed by atoms with Gasteiger partial charge in [-0.1, -0.05) is 66.2 Å². The molecule has 0 bridgehead atoms. The molecule has 1 fully saturated rings. The summed E-state index contributed by atoms with van der Waals surface area (Å²) < 4.78 is 33.8. The second-order valence-electron chi connectivity index (χ2n) is 11.8. The summed E-state index contributed by atoms with van der Waals surface area (Å²) in [5, 5.41) is 12.5. The number of rotatable bonds is 13. The first-order chi connectivity index (χ1) is 24.7. The van der Waals surface area contributed by atoms with Gasteiger partial charge in [0.15, 0.2) is 5.75 Å². The molecule has 1 heterocycles. The van der Waals surface area contributed by atoms with E-state index in [0.717, 1.165) is 54.9 Å². The Morgan fingerprint density at radius 3 is 2.25 bits per heavy atom. The maximum Gasteiger partial charge on any atom is 0.312 e. The summed E-state index contributed by atoms with van der Waals surface area (Å²) in [6.07, 6.45) is 0. The zero-order valence-electron chi connectivity index (χ0n) is 27.5. The van der Waals surface area contributed by atoms with E-state index in [1.54, 1.807) is 24.3 Å². The number of nitrogens with one attached hydrogen (secondary N) is 1. The molecular weight excluding hydrogens is 708 g/mol. The largest absolute Gasteiger partial charge is 0.486 e. The van der Waals surface area contributed by atoms with Crippen LogP contribution in [0.2, 0.25) is 5.02 Å². The number of piperazine rings is 1. The van der Waals surface area contributed by atoms with E-state index in [9.17, 15) is 23.3 Å². The Kier molecular flexibility index (Phi) is 11.6. The number of benzene rings is 5. The van der Waals surface area contributed by atoms with E-state index in [1.165, 1.54) is 35.0 Å². The SMILES string of the molecule is O=C(NS(=O)(=O)c1ccc(OCCSc2ccccc2)c([N+](=O)[O-])c1)c1ccc(N2CCN(Cc3ccccc3-c3ccc(Cl)cc3)CC2)cc1. The van der Waals surface area contributed by atoms with E-state index < -0.39 is 31.4 Å². The van der Waals surface area contributed by atoms with Crippen molar-refractivity contribution >= 4 is 50.7 Å². The molecule has 51 heavy (non-hydrogen) atoms. The lowest BCUT2D eigenvalue weighted by atomic mass is 9.99. The number of ether oxygens (including phenoxy) is 1. The molecule has 262 valence electrons. The predicted octanol–water partition coefficient (Wildman–Crippen LogP) is 7.53. The van der Waals surface area contributed by atoms with Crippen molar-refractivity contribution in [3.8, 4) is 16.9 Å². The maximum absolute atomic E-state index is 13.1. The summed E-state index contributed by atoms with van der Waals surface area (Å²) in [5.74, 6) is -0.364. The molecule has 5 aromatic carbocycles. The molecule has 0 unspecified atom stereocenters. The fourth-order valence-corrected chi connectivity index (χ4v) is 7.67. The van der Waals surface area contributed by atoms with Gasteiger partial charge in [-0.25, -0.2) is 13.1 Å². The minimum atomic E-state index is -4.41. The van der Waals surface area contributed by atoms with E-state index in [4.69, 9.17) is 16.3 Å². The van der Waals surface area contributed by atoms with Crippen LogP contribution in [0.5, 0.6) is 5.75 Å². The van der Waals surface area contributed by atoms with Crippen LogP contribution < -0.4 is 14.4 Å². The summed E-state index contributed by atoms with van der Waals surface area (Å²) in [4.78, 5) is 29.3. The van der Waals surface area contributed by atoms with E-state index in [2.05, 4.69) is 28.0 Å². The van der Waals surface area contributed by atoms with Gasteiger partial charge < -0.3 is 9.64 Å². The molecule has 5 aromatic rings. The van der Waals surface area contributed by atoms with Gasteiger partial charge in [-0.05, 0) is 77.4 Å². The van der Waals surface area contributed by atoms with Crippen molar-refractivity contribution in [3.05, 3.63) is 148 Å². The van der Waals surface area contributed by atoms with Gasteiger partial charge in [0.05, 0.1) is 16.4 Å². The summed E-state index contributed by atoms with van der Waals surface area (Å²) >= 11 is 7.63. The molecule has 1 amide bonds. The fraction of sp³-hybridized carbons (Fsp3) is 0.184. The number of thioether (sulfide) groups is 1. The average molecular weight is 743 g/mol. The summed E-state index contributed by atoms with van der Waals surface area (Å²) in [5.41, 5.74) is 4.10. The smallest absolute Gasteiger partial charge is 0.312 e. The third-order valence-corrected chi connectivity index (χ3v) is 11.0. The fourth-order valence-electron chi connectivity index (χ4n) is 5.79. The first kappa shape index (κ1) is 35.9. The molecule has 13 heteroatoms. The minimum Gasteiger partial charge on any atom is -0.486 e. The number of halogens is 1. The molecule has 1 N–H and O–H groups in total. The highest BCUT2D eigenvalue weighted by Gasteiger charge is 2.25. The van der Waals surface area contributed by atoms with Crippen LogP contribution in [0.3, 0.4) is 0 Å². The molecular formula is C38H35ClN4O6S2. The highest BCUT2D eigenvalue weighted by Crippen LogP contribution is 2.31. The second kappa shape index (κ2) is 16.4. The molecule has 0 radical (unpaired) electrons. The normalized spacial score (nSPS) is 13.5. The van der Waals surface area contributed by atoms with Gasteiger partial charge in [-0.3, -0.25) is 19.8 Å². The van der Waals surface area contributed by atoms with Gasteiger partial charge in [0.25, 0.3) is 15.9 Å². The van der Waals surface area contributed by atoms with Crippen molar-refractivity contribution in [1.82, 2.24) is 9.62 Å². The molecule has 1 saturated heterocycles. The number of sulfonamides is 1. The zero-order chi connectivity index (χ0) is 35.8. The number of carbonyl (C=O) groups is 1. The predicted molar refractivity (Wildman–Crippen MR) is 201 cm³/mol. The Labute approximate surface area is 306 Å². The number of hydrogen-bond acceptors (Lipinski definition) is 9. The summed E-state index contributed by atoms with van der Waals surface area (Å²) in [6.45, 7) is 4.25. The first-order valence-corrected chi connectivity index (χ1v) is 19.1. The molecule has 6 rings (SSSR count). The zero-order valence-corrected chi connectivity index (χ0v) is 29.9. The van der Waals surface area contributed by atoms with Crippen LogP contribution in [0.15, 0.2) is 131 Å². The number of nitrogens with zero attached hydrogens (tertiary/aromatic N) is 3. The standard InChI is InChI=1S/C38H35ClN4O6S2/c39-31-14-10-28(11-15-31)35-9-5-4-6-30(35)27-41-20-22-42(23-21-41)32-16-12-29(13-17-32)38(44)40-51(47,48)34-18-19-37(36(26-34)43(45)46)49-24-25-50-33-7-2-1-3-8-33/h1-19,26H,20-25,27H2,(H,40,44). The van der Waals surface area contributed by atoms with Crippen LogP contribution in [0.4, 0.5) is 11.4 Å². The van der Waals surface area contributed by atoms with Crippen LogP contribution >= 0.6 is 23.4 Å². The van der Waals surface area contributed by atoms with E-state index in [1.807, 2.05) is 65.4 Å². The Morgan fingerprint density at radius 1 is 0.863 bits per heavy atom. The number of hydrogen-bond donors (Lipinski definition) is 1. The van der Waals surface area contributed by atoms with Gasteiger partial charge in [0.1, 0.15) is 0 Å². The Morgan fingerprint density at radius 2 is 1.55 bits per heavy atom. The second-order valence-corrected chi connectivity index (χ2v) is 15.1. The maximum atomic E-state index is 13.1. The number of nitro benzene ring substituents is 1. The first-order valence-electron chi connectivity index (χ1n) is 16.2. The molecule has 0 saturated carbocycles. The number of carbonyl (C=O) groups excluding carboxylic acids is 1. The molecule has 0 atom stereocenters. The average Bonchev–Trinajstić information content (AvgIpc) is 3.14. The molecule has 1 aliphatic rings. The minimum absolute atomic E-state index is 0.0573. The van der Waals surface area contributed by atoms with Crippen LogP contribution in [0.1, 0.15) is 15.9 Å². The molecule has 0 aliphatic carbocycles. The molecule has 0 aromatic heterocycles. The summed E-state index contributed by atoms with van der Waals surface area (Å²) in [6, 6.07) is 35.9. The number of amides is 1. The Balaban J connectivity index is 1.03. The Bertz CT molecular complexity index is 2090. The van der Waals surface area contributed by atoms with Gasteiger partial charge >= 0.3 is 5.69 Å². The molecule has 1 aliphatic heterocycles. The highest BCUT2D eigenvalue weighted by atomic mass is 35.5. The van der Waals surface area contributed by atoms with Crippen LogP contribution in [0, 0.1) is 10.1 Å². The van der Waals surface area contributed by atoms with Crippen molar-refractivity contribution in [2.45, 2.75) is 16.3 Å². The lowest BCUT2D eigenvalue weighted by molar-refractivity contribution is -0.386. The third kappa shape index (κ3) is 9.27. The monoisotopic (exact) mass is 742 g/mol. The van der Waals surface area contributed by atoms with E-state index in [-0.39, 0.29) is 17.9 Å². The van der Waals surface area contributed by atoms with Crippen LogP contribution in [0.25, 0.3) is 11.1 Å².